The number of carboxylic acids is 1. The largest absolute Gasteiger partial charge is 0.478 e. The number of aromatic nitrogens is 1. The molecule has 5 heteroatoms. The molecular weight excluding hydrogens is 222 g/mol. The van der Waals surface area contributed by atoms with Gasteiger partial charge in [0, 0.05) is 18.9 Å². The van der Waals surface area contributed by atoms with Gasteiger partial charge >= 0.3 is 5.97 Å². The van der Waals surface area contributed by atoms with E-state index in [-0.39, 0.29) is 11.7 Å². The maximum atomic E-state index is 10.6. The molecule has 0 saturated carbocycles. The molecule has 0 radical (unpaired) electrons. The van der Waals surface area contributed by atoms with Crippen molar-refractivity contribution in [1.29, 1.82) is 0 Å². The lowest BCUT2D eigenvalue weighted by molar-refractivity contribution is -0.0119. The minimum atomic E-state index is -0.986. The second-order valence-electron chi connectivity index (χ2n) is 3.99. The fourth-order valence-corrected chi connectivity index (χ4v) is 1.71. The fourth-order valence-electron chi connectivity index (χ4n) is 1.71. The number of carbonyl (C=O) groups is 1. The lowest BCUT2D eigenvalue weighted by Crippen LogP contribution is -2.25. The molecule has 1 atom stereocenters. The third kappa shape index (κ3) is 3.42. The summed E-state index contributed by atoms with van der Waals surface area (Å²) in [4.78, 5) is 14.5. The van der Waals surface area contributed by atoms with Crippen molar-refractivity contribution < 1.29 is 19.4 Å². The Hall–Kier alpha value is -1.62. The first-order valence-corrected chi connectivity index (χ1v) is 5.69. The normalized spacial score (nSPS) is 19.9. The van der Waals surface area contributed by atoms with E-state index in [0.717, 1.165) is 19.4 Å². The zero-order chi connectivity index (χ0) is 12.1. The molecule has 1 saturated heterocycles. The first-order valence-electron chi connectivity index (χ1n) is 5.69. The highest BCUT2D eigenvalue weighted by molar-refractivity contribution is 5.87. The summed E-state index contributed by atoms with van der Waals surface area (Å²) >= 11 is 0. The van der Waals surface area contributed by atoms with Crippen LogP contribution in [-0.4, -0.2) is 35.4 Å². The summed E-state index contributed by atoms with van der Waals surface area (Å²) in [5.74, 6) is -0.552. The minimum absolute atomic E-state index is 0.129. The third-order valence-corrected chi connectivity index (χ3v) is 2.67. The van der Waals surface area contributed by atoms with Crippen LogP contribution in [0.2, 0.25) is 0 Å². The molecule has 92 valence electrons. The molecule has 1 N–H and O–H groups in total. The summed E-state index contributed by atoms with van der Waals surface area (Å²) in [5, 5.41) is 8.71. The Kier molecular flexibility index (Phi) is 3.93. The smallest absolute Gasteiger partial charge is 0.337 e. The van der Waals surface area contributed by atoms with Crippen LogP contribution in [0.15, 0.2) is 18.3 Å². The Bertz CT molecular complexity index is 371. The van der Waals surface area contributed by atoms with Gasteiger partial charge in [-0.15, -0.1) is 0 Å². The summed E-state index contributed by atoms with van der Waals surface area (Å²) in [6.45, 7) is 1.26. The van der Waals surface area contributed by atoms with Crippen molar-refractivity contribution in [3.8, 4) is 5.88 Å². The van der Waals surface area contributed by atoms with Gasteiger partial charge < -0.3 is 14.6 Å². The van der Waals surface area contributed by atoms with Crippen LogP contribution in [0.1, 0.15) is 29.6 Å². The van der Waals surface area contributed by atoms with Crippen molar-refractivity contribution in [3.05, 3.63) is 23.9 Å². The van der Waals surface area contributed by atoms with Crippen LogP contribution in [0.3, 0.4) is 0 Å². The van der Waals surface area contributed by atoms with Crippen LogP contribution < -0.4 is 4.74 Å². The summed E-state index contributed by atoms with van der Waals surface area (Å²) in [7, 11) is 0. The van der Waals surface area contributed by atoms with Gasteiger partial charge in [0.1, 0.15) is 6.61 Å². The van der Waals surface area contributed by atoms with Crippen molar-refractivity contribution in [3.63, 3.8) is 0 Å². The Labute approximate surface area is 99.4 Å². The van der Waals surface area contributed by atoms with Crippen molar-refractivity contribution in [2.75, 3.05) is 13.2 Å². The molecule has 1 aromatic heterocycles. The van der Waals surface area contributed by atoms with E-state index in [9.17, 15) is 4.79 Å². The Morgan fingerprint density at radius 2 is 2.41 bits per heavy atom. The maximum absolute atomic E-state index is 10.6. The average Bonchev–Trinajstić information content (AvgIpc) is 2.38. The lowest BCUT2D eigenvalue weighted by atomic mass is 10.1. The van der Waals surface area contributed by atoms with E-state index in [4.69, 9.17) is 14.6 Å². The predicted octanol–water partition coefficient (Wildman–Crippen LogP) is 1.73. The van der Waals surface area contributed by atoms with Gasteiger partial charge in [-0.2, -0.15) is 0 Å². The van der Waals surface area contributed by atoms with Gasteiger partial charge in [-0.25, -0.2) is 9.78 Å². The van der Waals surface area contributed by atoms with E-state index in [1.54, 1.807) is 6.07 Å². The zero-order valence-corrected chi connectivity index (χ0v) is 9.46. The van der Waals surface area contributed by atoms with E-state index >= 15 is 0 Å². The highest BCUT2D eigenvalue weighted by atomic mass is 16.5. The van der Waals surface area contributed by atoms with Crippen molar-refractivity contribution in [2.45, 2.75) is 25.4 Å². The topological polar surface area (TPSA) is 68.7 Å². The Morgan fingerprint density at radius 3 is 3.00 bits per heavy atom. The van der Waals surface area contributed by atoms with Crippen LogP contribution >= 0.6 is 0 Å². The summed E-state index contributed by atoms with van der Waals surface area (Å²) in [6.07, 6.45) is 4.71. The van der Waals surface area contributed by atoms with Gasteiger partial charge in [-0.3, -0.25) is 0 Å². The molecule has 1 aromatic rings. The summed E-state index contributed by atoms with van der Waals surface area (Å²) in [5.41, 5.74) is 0.159. The molecule has 0 aromatic carbocycles. The van der Waals surface area contributed by atoms with Gasteiger partial charge in [-0.05, 0) is 25.3 Å². The molecule has 17 heavy (non-hydrogen) atoms. The number of hydrogen-bond donors (Lipinski definition) is 1. The highest BCUT2D eigenvalue weighted by Gasteiger charge is 2.14. The molecule has 0 spiro atoms. The molecule has 1 fully saturated rings. The van der Waals surface area contributed by atoms with Gasteiger partial charge in [-0.1, -0.05) is 0 Å². The molecule has 0 bridgehead atoms. The van der Waals surface area contributed by atoms with E-state index in [1.165, 1.54) is 18.7 Å². The summed E-state index contributed by atoms with van der Waals surface area (Å²) in [6, 6.07) is 3.04. The van der Waals surface area contributed by atoms with Gasteiger partial charge in [0.25, 0.3) is 0 Å². The Balaban J connectivity index is 1.84. The number of pyridine rings is 1. The third-order valence-electron chi connectivity index (χ3n) is 2.67. The van der Waals surface area contributed by atoms with Crippen LogP contribution in [0.25, 0.3) is 0 Å². The zero-order valence-electron chi connectivity index (χ0n) is 9.46. The molecular formula is C12H15NO4. The molecule has 1 aliphatic rings. The molecule has 2 heterocycles. The van der Waals surface area contributed by atoms with Crippen LogP contribution in [0.5, 0.6) is 5.88 Å². The quantitative estimate of drug-likeness (QED) is 0.863. The standard InChI is InChI=1S/C12H15NO4/c14-12(15)9-4-5-11(13-7-9)17-8-10-3-1-2-6-16-10/h4-5,7,10H,1-3,6,8H2,(H,14,15)/t10-/m0/s1. The Morgan fingerprint density at radius 1 is 1.53 bits per heavy atom. The van der Waals surface area contributed by atoms with E-state index in [0.29, 0.717) is 12.5 Å². The fraction of sp³-hybridized carbons (Fsp3) is 0.500. The number of rotatable bonds is 4. The van der Waals surface area contributed by atoms with Crippen molar-refractivity contribution in [2.24, 2.45) is 0 Å². The minimum Gasteiger partial charge on any atom is -0.478 e. The first-order chi connectivity index (χ1) is 8.25. The molecule has 1 aliphatic heterocycles. The molecule has 0 aliphatic carbocycles. The number of aromatic carboxylic acids is 1. The second kappa shape index (κ2) is 5.63. The van der Waals surface area contributed by atoms with Crippen LogP contribution in [0, 0.1) is 0 Å². The maximum Gasteiger partial charge on any atom is 0.337 e. The van der Waals surface area contributed by atoms with Gasteiger partial charge in [0.15, 0.2) is 0 Å². The molecule has 2 rings (SSSR count). The van der Waals surface area contributed by atoms with Gasteiger partial charge in [0.05, 0.1) is 11.7 Å². The SMILES string of the molecule is O=C(O)c1ccc(OC[C@@H]2CCCCO2)nc1. The van der Waals surface area contributed by atoms with Crippen molar-refractivity contribution in [1.82, 2.24) is 4.98 Å². The molecule has 0 amide bonds. The first kappa shape index (κ1) is 11.9. The number of nitrogens with zero attached hydrogens (tertiary/aromatic N) is 1. The molecule has 5 nitrogen and oxygen atoms in total. The lowest BCUT2D eigenvalue weighted by Gasteiger charge is -2.22. The van der Waals surface area contributed by atoms with E-state index in [2.05, 4.69) is 4.98 Å². The number of carboxylic acid groups (broad SMARTS) is 1. The van der Waals surface area contributed by atoms with E-state index in [1.807, 2.05) is 0 Å². The molecule has 0 unspecified atom stereocenters. The van der Waals surface area contributed by atoms with E-state index < -0.39 is 5.97 Å². The van der Waals surface area contributed by atoms with Crippen LogP contribution in [-0.2, 0) is 4.74 Å². The highest BCUT2D eigenvalue weighted by Crippen LogP contribution is 2.14. The van der Waals surface area contributed by atoms with Gasteiger partial charge in [0.2, 0.25) is 5.88 Å². The second-order valence-corrected chi connectivity index (χ2v) is 3.99. The number of ether oxygens (including phenoxy) is 2. The number of hydrogen-bond acceptors (Lipinski definition) is 4. The van der Waals surface area contributed by atoms with Crippen LogP contribution in [0.4, 0.5) is 0 Å². The van der Waals surface area contributed by atoms with Crippen molar-refractivity contribution >= 4 is 5.97 Å². The summed E-state index contributed by atoms with van der Waals surface area (Å²) < 4.78 is 11.0. The monoisotopic (exact) mass is 237 g/mol. The average molecular weight is 237 g/mol. The predicted molar refractivity (Wildman–Crippen MR) is 60.3 cm³/mol.